The Labute approximate surface area is 113 Å². The molecule has 0 aliphatic rings. The normalized spacial score (nSPS) is 10.1. The van der Waals surface area contributed by atoms with Crippen LogP contribution in [0.4, 0.5) is 17.5 Å². The molecule has 0 saturated heterocycles. The van der Waals surface area contributed by atoms with Gasteiger partial charge in [-0.05, 0) is 13.0 Å². The summed E-state index contributed by atoms with van der Waals surface area (Å²) in [6.45, 7) is 2.03. The van der Waals surface area contributed by atoms with Gasteiger partial charge in [-0.15, -0.1) is 0 Å². The molecule has 0 amide bonds. The van der Waals surface area contributed by atoms with E-state index >= 15 is 0 Å². The number of nitrogens with zero attached hydrogens (tertiary/aromatic N) is 5. The average molecular weight is 276 g/mol. The number of hydrogen-bond acceptors (Lipinski definition) is 9. The Morgan fingerprint density at radius 3 is 2.85 bits per heavy atom. The van der Waals surface area contributed by atoms with E-state index in [1.807, 2.05) is 0 Å². The molecule has 10 heteroatoms. The van der Waals surface area contributed by atoms with Gasteiger partial charge in [0, 0.05) is 6.20 Å². The summed E-state index contributed by atoms with van der Waals surface area (Å²) in [7, 11) is 0. The molecule has 2 heterocycles. The third-order valence-electron chi connectivity index (χ3n) is 2.37. The van der Waals surface area contributed by atoms with Gasteiger partial charge in [-0.2, -0.15) is 4.98 Å². The summed E-state index contributed by atoms with van der Waals surface area (Å²) in [6, 6.07) is 1.70. The maximum Gasteiger partial charge on any atom is 0.329 e. The molecule has 2 aromatic rings. The van der Waals surface area contributed by atoms with E-state index in [1.54, 1.807) is 19.2 Å². The summed E-state index contributed by atoms with van der Waals surface area (Å²) in [5.41, 5.74) is 2.68. The first-order valence-corrected chi connectivity index (χ1v) is 5.60. The molecule has 4 N–H and O–H groups in total. The minimum absolute atomic E-state index is 0.0641. The number of nitro groups is 1. The zero-order valence-corrected chi connectivity index (χ0v) is 10.6. The summed E-state index contributed by atoms with van der Waals surface area (Å²) in [5.74, 6) is 5.94. The molecule has 0 saturated carbocycles. The Morgan fingerprint density at radius 1 is 1.40 bits per heavy atom. The van der Waals surface area contributed by atoms with Crippen LogP contribution in [0.2, 0.25) is 0 Å². The van der Waals surface area contributed by atoms with Gasteiger partial charge < -0.3 is 5.32 Å². The first-order valence-electron chi connectivity index (χ1n) is 5.60. The number of hydrazine groups is 1. The zero-order chi connectivity index (χ0) is 14.5. The molecule has 0 atom stereocenters. The highest BCUT2D eigenvalue weighted by molar-refractivity contribution is 5.56. The van der Waals surface area contributed by atoms with Crippen LogP contribution in [-0.4, -0.2) is 24.9 Å². The smallest absolute Gasteiger partial charge is 0.329 e. The van der Waals surface area contributed by atoms with Gasteiger partial charge in [0.25, 0.3) is 0 Å². The summed E-state index contributed by atoms with van der Waals surface area (Å²) in [6.07, 6.45) is 2.69. The first-order chi connectivity index (χ1) is 9.60. The largest absolute Gasteiger partial charge is 0.359 e. The quantitative estimate of drug-likeness (QED) is 0.400. The number of nitrogens with one attached hydrogen (secondary N) is 2. The Balaban J connectivity index is 2.21. The van der Waals surface area contributed by atoms with Gasteiger partial charge in [0.15, 0.2) is 0 Å². The lowest BCUT2D eigenvalue weighted by molar-refractivity contribution is -0.384. The van der Waals surface area contributed by atoms with Crippen LogP contribution in [0.1, 0.15) is 11.5 Å². The molecular formula is C10H12N8O2. The minimum Gasteiger partial charge on any atom is -0.359 e. The maximum absolute atomic E-state index is 10.9. The van der Waals surface area contributed by atoms with E-state index < -0.39 is 4.92 Å². The van der Waals surface area contributed by atoms with Gasteiger partial charge in [-0.25, -0.2) is 20.8 Å². The highest BCUT2D eigenvalue weighted by Gasteiger charge is 2.17. The van der Waals surface area contributed by atoms with Crippen LogP contribution < -0.4 is 16.6 Å². The Morgan fingerprint density at radius 2 is 2.20 bits per heavy atom. The lowest BCUT2D eigenvalue weighted by Crippen LogP contribution is -2.13. The van der Waals surface area contributed by atoms with Crippen LogP contribution in [0.3, 0.4) is 0 Å². The lowest BCUT2D eigenvalue weighted by Gasteiger charge is -2.07. The number of nitrogen functional groups attached to an aromatic ring is 1. The molecule has 2 rings (SSSR count). The molecule has 0 spiro atoms. The average Bonchev–Trinajstić information content (AvgIpc) is 2.44. The number of nitrogens with two attached hydrogens (primary N) is 1. The van der Waals surface area contributed by atoms with Crippen LogP contribution in [-0.2, 0) is 6.54 Å². The Kier molecular flexibility index (Phi) is 3.96. The van der Waals surface area contributed by atoms with Crippen LogP contribution in [0.15, 0.2) is 18.5 Å². The monoisotopic (exact) mass is 276 g/mol. The topological polar surface area (TPSA) is 145 Å². The fraction of sp³-hybridized carbons (Fsp3) is 0.200. The SMILES string of the molecule is Cc1nccc(CNc2nc(NN)ncc2[N+](=O)[O-])n1. The number of anilines is 2. The lowest BCUT2D eigenvalue weighted by atomic mass is 10.4. The highest BCUT2D eigenvalue weighted by atomic mass is 16.6. The number of aryl methyl sites for hydroxylation is 1. The molecule has 20 heavy (non-hydrogen) atoms. The second-order valence-corrected chi connectivity index (χ2v) is 3.78. The van der Waals surface area contributed by atoms with E-state index in [4.69, 9.17) is 5.84 Å². The fourth-order valence-electron chi connectivity index (χ4n) is 1.49. The molecule has 10 nitrogen and oxygen atoms in total. The van der Waals surface area contributed by atoms with Crippen LogP contribution >= 0.6 is 0 Å². The molecule has 0 aromatic carbocycles. The van der Waals surface area contributed by atoms with Crippen molar-refractivity contribution in [2.75, 3.05) is 10.7 Å². The van der Waals surface area contributed by atoms with Crippen molar-refractivity contribution in [3.63, 3.8) is 0 Å². The summed E-state index contributed by atoms with van der Waals surface area (Å²) in [4.78, 5) is 26.1. The van der Waals surface area contributed by atoms with Crippen molar-refractivity contribution in [2.24, 2.45) is 5.84 Å². The molecule has 0 aliphatic carbocycles. The van der Waals surface area contributed by atoms with Gasteiger partial charge in [0.1, 0.15) is 12.0 Å². The van der Waals surface area contributed by atoms with Crippen molar-refractivity contribution in [2.45, 2.75) is 13.5 Å². The van der Waals surface area contributed by atoms with Gasteiger partial charge in [-0.3, -0.25) is 15.5 Å². The fourth-order valence-corrected chi connectivity index (χ4v) is 1.49. The molecule has 0 radical (unpaired) electrons. The van der Waals surface area contributed by atoms with Crippen LogP contribution in [0, 0.1) is 17.0 Å². The molecule has 2 aromatic heterocycles. The maximum atomic E-state index is 10.9. The summed E-state index contributed by atoms with van der Waals surface area (Å²) >= 11 is 0. The highest BCUT2D eigenvalue weighted by Crippen LogP contribution is 2.22. The second-order valence-electron chi connectivity index (χ2n) is 3.78. The molecule has 0 bridgehead atoms. The molecular weight excluding hydrogens is 264 g/mol. The third kappa shape index (κ3) is 3.11. The first kappa shape index (κ1) is 13.5. The van der Waals surface area contributed by atoms with Crippen molar-refractivity contribution in [3.8, 4) is 0 Å². The van der Waals surface area contributed by atoms with Crippen molar-refractivity contribution in [1.29, 1.82) is 0 Å². The molecule has 104 valence electrons. The van der Waals surface area contributed by atoms with Crippen molar-refractivity contribution < 1.29 is 4.92 Å². The van der Waals surface area contributed by atoms with Crippen molar-refractivity contribution >= 4 is 17.5 Å². The number of rotatable bonds is 5. The van der Waals surface area contributed by atoms with E-state index in [1.165, 1.54) is 0 Å². The Hall–Kier alpha value is -2.88. The van der Waals surface area contributed by atoms with Gasteiger partial charge in [-0.1, -0.05) is 0 Å². The predicted octanol–water partition coefficient (Wildman–Crippen LogP) is 0.381. The van der Waals surface area contributed by atoms with E-state index in [0.29, 0.717) is 11.5 Å². The number of hydrogen-bond donors (Lipinski definition) is 3. The van der Waals surface area contributed by atoms with E-state index in [9.17, 15) is 10.1 Å². The summed E-state index contributed by atoms with van der Waals surface area (Å²) in [5, 5.41) is 13.7. The van der Waals surface area contributed by atoms with Gasteiger partial charge in [0.2, 0.25) is 11.8 Å². The molecule has 0 aliphatic heterocycles. The van der Waals surface area contributed by atoms with Gasteiger partial charge >= 0.3 is 5.69 Å². The molecule has 0 unspecified atom stereocenters. The summed E-state index contributed by atoms with van der Waals surface area (Å²) < 4.78 is 0. The van der Waals surface area contributed by atoms with Crippen molar-refractivity contribution in [1.82, 2.24) is 19.9 Å². The van der Waals surface area contributed by atoms with Crippen LogP contribution in [0.25, 0.3) is 0 Å². The minimum atomic E-state index is -0.576. The van der Waals surface area contributed by atoms with Crippen LogP contribution in [0.5, 0.6) is 0 Å². The predicted molar refractivity (Wildman–Crippen MR) is 70.6 cm³/mol. The van der Waals surface area contributed by atoms with Gasteiger partial charge in [0.05, 0.1) is 17.2 Å². The van der Waals surface area contributed by atoms with E-state index in [0.717, 1.165) is 6.20 Å². The van der Waals surface area contributed by atoms with E-state index in [-0.39, 0.29) is 24.0 Å². The number of aromatic nitrogens is 4. The van der Waals surface area contributed by atoms with Crippen molar-refractivity contribution in [3.05, 3.63) is 40.1 Å². The standard InChI is InChI=1S/C10H12N8O2/c1-6-12-3-2-7(15-6)4-13-9-8(18(19)20)5-14-10(16-9)17-11/h2-3,5H,4,11H2,1H3,(H2,13,14,16,17). The second kappa shape index (κ2) is 5.84. The Bertz CT molecular complexity index is 632. The van der Waals surface area contributed by atoms with E-state index in [2.05, 4.69) is 30.7 Å². The third-order valence-corrected chi connectivity index (χ3v) is 2.37. The zero-order valence-electron chi connectivity index (χ0n) is 10.6. The molecule has 0 fully saturated rings.